The first-order valence-electron chi connectivity index (χ1n) is 6.88. The zero-order chi connectivity index (χ0) is 15.5. The normalized spacial score (nSPS) is 16.7. The summed E-state index contributed by atoms with van der Waals surface area (Å²) in [4.78, 5) is 23.2. The SMILES string of the molecule is CC(=O)O[Si](CC1(C)COC1)(OC(C)=O)c1ccccc1. The summed E-state index contributed by atoms with van der Waals surface area (Å²) < 4.78 is 16.5. The zero-order valence-corrected chi connectivity index (χ0v) is 13.5. The molecule has 0 aliphatic carbocycles. The first kappa shape index (κ1) is 15.7. The Morgan fingerprint density at radius 3 is 2.05 bits per heavy atom. The van der Waals surface area contributed by atoms with E-state index in [0.717, 1.165) is 5.19 Å². The quantitative estimate of drug-likeness (QED) is 0.771. The van der Waals surface area contributed by atoms with E-state index in [1.54, 1.807) is 0 Å². The molecule has 1 saturated heterocycles. The molecule has 1 aliphatic rings. The van der Waals surface area contributed by atoms with Crippen LogP contribution < -0.4 is 5.19 Å². The molecule has 0 bridgehead atoms. The minimum Gasteiger partial charge on any atom is -0.482 e. The monoisotopic (exact) mass is 308 g/mol. The summed E-state index contributed by atoms with van der Waals surface area (Å²) >= 11 is 0. The lowest BCUT2D eigenvalue weighted by molar-refractivity contribution is -0.140. The van der Waals surface area contributed by atoms with E-state index in [1.165, 1.54) is 13.8 Å². The van der Waals surface area contributed by atoms with E-state index in [0.29, 0.717) is 19.3 Å². The molecule has 6 heteroatoms. The van der Waals surface area contributed by atoms with Crippen molar-refractivity contribution in [1.82, 2.24) is 0 Å². The molecule has 0 unspecified atom stereocenters. The average Bonchev–Trinajstić information content (AvgIpc) is 2.36. The lowest BCUT2D eigenvalue weighted by Gasteiger charge is -2.42. The van der Waals surface area contributed by atoms with Crippen molar-refractivity contribution in [3.8, 4) is 0 Å². The van der Waals surface area contributed by atoms with Gasteiger partial charge >= 0.3 is 8.56 Å². The summed E-state index contributed by atoms with van der Waals surface area (Å²) in [6.45, 7) is 5.89. The van der Waals surface area contributed by atoms with Crippen molar-refractivity contribution in [1.29, 1.82) is 0 Å². The van der Waals surface area contributed by atoms with Gasteiger partial charge in [0.25, 0.3) is 11.9 Å². The molecule has 1 aliphatic heterocycles. The Kier molecular flexibility index (Phi) is 4.48. The molecule has 0 amide bonds. The van der Waals surface area contributed by atoms with Crippen LogP contribution >= 0.6 is 0 Å². The lowest BCUT2D eigenvalue weighted by atomic mass is 9.91. The Morgan fingerprint density at radius 1 is 1.14 bits per heavy atom. The largest absolute Gasteiger partial charge is 0.500 e. The van der Waals surface area contributed by atoms with Gasteiger partial charge in [0.1, 0.15) is 0 Å². The van der Waals surface area contributed by atoms with Gasteiger partial charge in [0.15, 0.2) is 0 Å². The molecule has 1 aromatic rings. The average molecular weight is 308 g/mol. The van der Waals surface area contributed by atoms with Gasteiger partial charge in [0.2, 0.25) is 0 Å². The van der Waals surface area contributed by atoms with Gasteiger partial charge in [-0.1, -0.05) is 37.3 Å². The number of benzene rings is 1. The maximum atomic E-state index is 11.6. The number of carbonyl (C=O) groups is 2. The van der Waals surface area contributed by atoms with Crippen molar-refractivity contribution >= 4 is 25.7 Å². The molecular formula is C15H20O5Si. The number of ether oxygens (including phenoxy) is 1. The highest BCUT2D eigenvalue weighted by Crippen LogP contribution is 2.37. The fourth-order valence-electron chi connectivity index (χ4n) is 2.58. The molecule has 0 radical (unpaired) electrons. The Bertz CT molecular complexity index is 508. The molecule has 1 fully saturated rings. The molecule has 0 aromatic heterocycles. The third-order valence-corrected chi connectivity index (χ3v) is 7.16. The second-order valence-corrected chi connectivity index (χ2v) is 8.63. The number of hydrogen-bond acceptors (Lipinski definition) is 5. The van der Waals surface area contributed by atoms with Crippen molar-refractivity contribution in [3.63, 3.8) is 0 Å². The van der Waals surface area contributed by atoms with Gasteiger partial charge in [0.05, 0.1) is 13.2 Å². The van der Waals surface area contributed by atoms with Gasteiger partial charge in [-0.2, -0.15) is 0 Å². The lowest BCUT2D eigenvalue weighted by Crippen LogP contribution is -2.60. The van der Waals surface area contributed by atoms with E-state index in [1.807, 2.05) is 37.3 Å². The Balaban J connectivity index is 2.41. The van der Waals surface area contributed by atoms with E-state index < -0.39 is 20.5 Å². The van der Waals surface area contributed by atoms with E-state index in [2.05, 4.69) is 0 Å². The summed E-state index contributed by atoms with van der Waals surface area (Å²) in [5.41, 5.74) is -0.132. The van der Waals surface area contributed by atoms with Crippen molar-refractivity contribution in [2.24, 2.45) is 5.41 Å². The summed E-state index contributed by atoms with van der Waals surface area (Å²) in [5.74, 6) is -0.869. The van der Waals surface area contributed by atoms with Crippen LogP contribution in [0.2, 0.25) is 6.04 Å². The highest BCUT2D eigenvalue weighted by atomic mass is 28.4. The van der Waals surface area contributed by atoms with Gasteiger partial charge in [-0.3, -0.25) is 9.59 Å². The Labute approximate surface area is 125 Å². The molecule has 114 valence electrons. The van der Waals surface area contributed by atoms with Crippen LogP contribution in [0, 0.1) is 5.41 Å². The van der Waals surface area contributed by atoms with Crippen molar-refractivity contribution < 1.29 is 23.2 Å². The van der Waals surface area contributed by atoms with Gasteiger partial charge in [-0.15, -0.1) is 0 Å². The molecule has 5 nitrogen and oxygen atoms in total. The van der Waals surface area contributed by atoms with Crippen LogP contribution in [0.15, 0.2) is 30.3 Å². The maximum absolute atomic E-state index is 11.6. The molecule has 2 rings (SSSR count). The summed E-state index contributed by atoms with van der Waals surface area (Å²) in [5, 5.41) is 0.781. The Hall–Kier alpha value is -1.66. The first-order chi connectivity index (χ1) is 9.85. The van der Waals surface area contributed by atoms with Crippen LogP contribution in [-0.2, 0) is 23.2 Å². The number of carbonyl (C=O) groups excluding carboxylic acids is 2. The van der Waals surface area contributed by atoms with Gasteiger partial charge < -0.3 is 13.6 Å². The van der Waals surface area contributed by atoms with Crippen LogP contribution in [-0.4, -0.2) is 33.7 Å². The van der Waals surface area contributed by atoms with E-state index >= 15 is 0 Å². The predicted molar refractivity (Wildman–Crippen MR) is 79.1 cm³/mol. The van der Waals surface area contributed by atoms with Gasteiger partial charge in [0, 0.05) is 30.5 Å². The maximum Gasteiger partial charge on any atom is 0.500 e. The van der Waals surface area contributed by atoms with Crippen LogP contribution in [0.25, 0.3) is 0 Å². The molecule has 1 heterocycles. The van der Waals surface area contributed by atoms with Crippen LogP contribution in [0.5, 0.6) is 0 Å². The van der Waals surface area contributed by atoms with Gasteiger partial charge in [-0.25, -0.2) is 0 Å². The third kappa shape index (κ3) is 3.71. The van der Waals surface area contributed by atoms with E-state index in [-0.39, 0.29) is 5.41 Å². The molecule has 21 heavy (non-hydrogen) atoms. The van der Waals surface area contributed by atoms with Crippen LogP contribution in [0.1, 0.15) is 20.8 Å². The minimum atomic E-state index is -3.18. The van der Waals surface area contributed by atoms with E-state index in [4.69, 9.17) is 13.6 Å². The highest BCUT2D eigenvalue weighted by molar-refractivity contribution is 6.83. The van der Waals surface area contributed by atoms with Crippen molar-refractivity contribution in [2.45, 2.75) is 26.8 Å². The van der Waals surface area contributed by atoms with Crippen molar-refractivity contribution in [3.05, 3.63) is 30.3 Å². The van der Waals surface area contributed by atoms with Crippen LogP contribution in [0.3, 0.4) is 0 Å². The molecule has 0 spiro atoms. The predicted octanol–water partition coefficient (Wildman–Crippen LogP) is 1.50. The number of rotatable bonds is 5. The molecule has 0 atom stereocenters. The number of hydrogen-bond donors (Lipinski definition) is 0. The summed E-state index contributed by atoms with van der Waals surface area (Å²) in [7, 11) is -3.18. The van der Waals surface area contributed by atoms with E-state index in [9.17, 15) is 9.59 Å². The first-order valence-corrected chi connectivity index (χ1v) is 8.90. The third-order valence-electron chi connectivity index (χ3n) is 3.39. The summed E-state index contributed by atoms with van der Waals surface area (Å²) in [6.07, 6.45) is 0. The molecule has 0 N–H and O–H groups in total. The molecule has 1 aromatic carbocycles. The fourth-order valence-corrected chi connectivity index (χ4v) is 6.17. The standard InChI is InChI=1S/C15H20O5Si/c1-12(16)19-21(20-13(2)17,11-15(3)9-18-10-15)14-7-5-4-6-8-14/h4-8H,9-11H2,1-3H3. The zero-order valence-electron chi connectivity index (χ0n) is 12.5. The Morgan fingerprint density at radius 2 is 1.67 bits per heavy atom. The molecule has 0 saturated carbocycles. The molecular weight excluding hydrogens is 288 g/mol. The fraction of sp³-hybridized carbons (Fsp3) is 0.467. The van der Waals surface area contributed by atoms with Crippen LogP contribution in [0.4, 0.5) is 0 Å². The minimum absolute atomic E-state index is 0.132. The summed E-state index contributed by atoms with van der Waals surface area (Å²) in [6, 6.07) is 9.77. The second-order valence-electron chi connectivity index (χ2n) is 5.79. The topological polar surface area (TPSA) is 61.8 Å². The second kappa shape index (κ2) is 5.99. The highest BCUT2D eigenvalue weighted by Gasteiger charge is 2.53. The van der Waals surface area contributed by atoms with Crippen molar-refractivity contribution in [2.75, 3.05) is 13.2 Å². The smallest absolute Gasteiger partial charge is 0.482 e. The van der Waals surface area contributed by atoms with Gasteiger partial charge in [-0.05, 0) is 0 Å².